The van der Waals surface area contributed by atoms with Gasteiger partial charge in [0, 0.05) is 11.6 Å². The summed E-state index contributed by atoms with van der Waals surface area (Å²) in [5.41, 5.74) is 0.317. The third kappa shape index (κ3) is 4.79. The highest BCUT2D eigenvalue weighted by Gasteiger charge is 2.23. The van der Waals surface area contributed by atoms with Gasteiger partial charge in [-0.05, 0) is 43.3 Å². The molecule has 0 atom stereocenters. The predicted molar refractivity (Wildman–Crippen MR) is 146 cm³/mol. The fourth-order valence-corrected chi connectivity index (χ4v) is 4.17. The van der Waals surface area contributed by atoms with Crippen molar-refractivity contribution in [3.05, 3.63) is 86.7 Å². The zero-order valence-electron chi connectivity index (χ0n) is 21.4. The van der Waals surface area contributed by atoms with Gasteiger partial charge in [0.15, 0.2) is 18.1 Å². The van der Waals surface area contributed by atoms with Crippen molar-refractivity contribution in [3.63, 3.8) is 0 Å². The number of para-hydroxylation sites is 1. The van der Waals surface area contributed by atoms with Crippen molar-refractivity contribution in [2.75, 3.05) is 20.3 Å². The number of fused-ring (bicyclic) bond motifs is 2. The Morgan fingerprint density at radius 2 is 1.95 bits per heavy atom. The van der Waals surface area contributed by atoms with Crippen LogP contribution in [0.5, 0.6) is 17.2 Å². The number of aromatic nitrogens is 2. The van der Waals surface area contributed by atoms with Crippen LogP contribution in [-0.2, 0) is 0 Å². The van der Waals surface area contributed by atoms with E-state index < -0.39 is 22.8 Å². The molecule has 0 saturated heterocycles. The van der Waals surface area contributed by atoms with Gasteiger partial charge in [0.05, 0.1) is 41.1 Å². The van der Waals surface area contributed by atoms with Crippen molar-refractivity contribution in [3.8, 4) is 34.9 Å². The average Bonchev–Trinajstić information content (AvgIpc) is 3.40. The Balaban J connectivity index is 1.69. The molecule has 0 saturated carbocycles. The first-order valence-electron chi connectivity index (χ1n) is 12.0. The highest BCUT2D eigenvalue weighted by molar-refractivity contribution is 5.89. The van der Waals surface area contributed by atoms with Gasteiger partial charge in [-0.15, -0.1) is 0 Å². The van der Waals surface area contributed by atoms with Gasteiger partial charge in [-0.2, -0.15) is 15.0 Å². The fraction of sp³-hybridized carbons (Fsp3) is 0.143. The molecule has 0 unspecified atom stereocenters. The average molecular weight is 540 g/mol. The number of hydrogen-bond donors (Lipinski definition) is 0. The number of ether oxygens (including phenoxy) is 3. The molecule has 40 heavy (non-hydrogen) atoms. The van der Waals surface area contributed by atoms with Crippen LogP contribution >= 0.6 is 0 Å². The van der Waals surface area contributed by atoms with Crippen LogP contribution in [0.2, 0.25) is 0 Å². The lowest BCUT2D eigenvalue weighted by Gasteiger charge is -2.11. The quantitative estimate of drug-likeness (QED) is 0.144. The summed E-state index contributed by atoms with van der Waals surface area (Å²) in [4.78, 5) is 29.3. The van der Waals surface area contributed by atoms with Crippen molar-refractivity contribution in [1.29, 1.82) is 5.26 Å². The van der Waals surface area contributed by atoms with Crippen LogP contribution < -0.4 is 19.8 Å². The SMILES string of the molecule is CCOc1cc(C=Nn2c(-c3cc4c(OC)cccc4o3)nc3ccccc3c2=O)cc([N+](=O)[O-])c1OCC#N. The molecule has 0 bridgehead atoms. The summed E-state index contributed by atoms with van der Waals surface area (Å²) in [6, 6.07) is 18.3. The number of hydrogen-bond acceptors (Lipinski definition) is 10. The molecule has 2 heterocycles. The Morgan fingerprint density at radius 3 is 2.70 bits per heavy atom. The summed E-state index contributed by atoms with van der Waals surface area (Å²) in [6.07, 6.45) is 1.27. The van der Waals surface area contributed by atoms with Crippen LogP contribution in [0.3, 0.4) is 0 Å². The Bertz CT molecular complexity index is 1880. The zero-order chi connectivity index (χ0) is 28.2. The lowest BCUT2D eigenvalue weighted by Crippen LogP contribution is -2.20. The predicted octanol–water partition coefficient (Wildman–Crippen LogP) is 4.91. The van der Waals surface area contributed by atoms with Gasteiger partial charge < -0.3 is 18.6 Å². The number of rotatable bonds is 9. The molecule has 12 heteroatoms. The van der Waals surface area contributed by atoms with Gasteiger partial charge in [0.2, 0.25) is 11.6 Å². The highest BCUT2D eigenvalue weighted by Crippen LogP contribution is 2.38. The van der Waals surface area contributed by atoms with Crippen molar-refractivity contribution in [2.45, 2.75) is 6.92 Å². The molecule has 12 nitrogen and oxygen atoms in total. The van der Waals surface area contributed by atoms with Crippen LogP contribution in [0.15, 0.2) is 75.0 Å². The van der Waals surface area contributed by atoms with E-state index in [2.05, 4.69) is 10.1 Å². The molecule has 3 aromatic carbocycles. The summed E-state index contributed by atoms with van der Waals surface area (Å²) >= 11 is 0. The maximum absolute atomic E-state index is 13.6. The molecule has 0 aliphatic carbocycles. The van der Waals surface area contributed by atoms with Crippen LogP contribution in [0.4, 0.5) is 5.69 Å². The minimum Gasteiger partial charge on any atom is -0.496 e. The summed E-state index contributed by atoms with van der Waals surface area (Å²) < 4.78 is 23.3. The van der Waals surface area contributed by atoms with E-state index in [1.54, 1.807) is 68.6 Å². The van der Waals surface area contributed by atoms with E-state index in [0.717, 1.165) is 4.68 Å². The number of nitro groups is 1. The van der Waals surface area contributed by atoms with Crippen molar-refractivity contribution in [2.24, 2.45) is 5.10 Å². The third-order valence-electron chi connectivity index (χ3n) is 5.87. The van der Waals surface area contributed by atoms with Gasteiger partial charge >= 0.3 is 5.69 Å². The minimum atomic E-state index is -0.649. The van der Waals surface area contributed by atoms with Crippen LogP contribution in [0, 0.1) is 21.4 Å². The van der Waals surface area contributed by atoms with E-state index in [4.69, 9.17) is 23.9 Å². The van der Waals surface area contributed by atoms with E-state index >= 15 is 0 Å². The molecule has 5 aromatic rings. The maximum Gasteiger partial charge on any atom is 0.315 e. The molecule has 0 fully saturated rings. The van der Waals surface area contributed by atoms with Gasteiger partial charge in [-0.3, -0.25) is 14.9 Å². The van der Waals surface area contributed by atoms with E-state index in [1.807, 2.05) is 0 Å². The first kappa shape index (κ1) is 25.9. The smallest absolute Gasteiger partial charge is 0.315 e. The number of nitriles is 1. The van der Waals surface area contributed by atoms with Gasteiger partial charge in [0.25, 0.3) is 5.56 Å². The summed E-state index contributed by atoms with van der Waals surface area (Å²) in [6.45, 7) is 1.49. The molecule has 0 aliphatic rings. The van der Waals surface area contributed by atoms with Crippen molar-refractivity contribution in [1.82, 2.24) is 9.66 Å². The third-order valence-corrected chi connectivity index (χ3v) is 5.87. The molecule has 0 amide bonds. The largest absolute Gasteiger partial charge is 0.496 e. The standard InChI is InChI=1S/C28H21N5O7/c1-3-38-24-14-17(13-21(33(35)36)26(24)39-12-11-29)16-30-32-27(31-20-8-5-4-7-18(20)28(32)34)25-15-19-22(37-2)9-6-10-23(19)40-25/h4-10,13-16H,3,12H2,1-2H3. The molecule has 5 rings (SSSR count). The van der Waals surface area contributed by atoms with E-state index in [1.165, 1.54) is 18.3 Å². The summed E-state index contributed by atoms with van der Waals surface area (Å²) in [5.74, 6) is 0.849. The van der Waals surface area contributed by atoms with Crippen LogP contribution in [0.1, 0.15) is 12.5 Å². The minimum absolute atomic E-state index is 0.0574. The monoisotopic (exact) mass is 539 g/mol. The summed E-state index contributed by atoms with van der Waals surface area (Å²) in [5, 5.41) is 26.0. The van der Waals surface area contributed by atoms with Gasteiger partial charge in [0.1, 0.15) is 17.4 Å². The number of methoxy groups -OCH3 is 1. The molecule has 2 aromatic heterocycles. The topological polar surface area (TPSA) is 155 Å². The van der Waals surface area contributed by atoms with Crippen molar-refractivity contribution >= 4 is 33.8 Å². The van der Waals surface area contributed by atoms with E-state index in [0.29, 0.717) is 27.6 Å². The Kier molecular flexibility index (Phi) is 7.10. The highest BCUT2D eigenvalue weighted by atomic mass is 16.6. The molecule has 0 N–H and O–H groups in total. The van der Waals surface area contributed by atoms with Crippen LogP contribution in [0.25, 0.3) is 33.5 Å². The zero-order valence-corrected chi connectivity index (χ0v) is 21.4. The second-order valence-corrected chi connectivity index (χ2v) is 8.30. The van der Waals surface area contributed by atoms with Crippen molar-refractivity contribution < 1.29 is 23.6 Å². The molecule has 200 valence electrons. The molecule has 0 radical (unpaired) electrons. The summed E-state index contributed by atoms with van der Waals surface area (Å²) in [7, 11) is 1.54. The fourth-order valence-electron chi connectivity index (χ4n) is 4.17. The molecule has 0 spiro atoms. The van der Waals surface area contributed by atoms with E-state index in [-0.39, 0.29) is 35.3 Å². The molecular weight excluding hydrogens is 518 g/mol. The normalized spacial score (nSPS) is 11.1. The second kappa shape index (κ2) is 11.0. The lowest BCUT2D eigenvalue weighted by molar-refractivity contribution is -0.385. The van der Waals surface area contributed by atoms with E-state index in [9.17, 15) is 14.9 Å². The Labute approximate surface area is 226 Å². The number of benzene rings is 3. The Hall–Kier alpha value is -5.70. The van der Waals surface area contributed by atoms with Gasteiger partial charge in [-0.25, -0.2) is 4.98 Å². The number of furan rings is 1. The lowest BCUT2D eigenvalue weighted by atomic mass is 10.2. The number of nitrogens with zero attached hydrogens (tertiary/aromatic N) is 5. The molecule has 0 aliphatic heterocycles. The molecular formula is C28H21N5O7. The Morgan fingerprint density at radius 1 is 1.12 bits per heavy atom. The van der Waals surface area contributed by atoms with Crippen LogP contribution in [-0.4, -0.2) is 41.1 Å². The second-order valence-electron chi connectivity index (χ2n) is 8.30. The number of nitro benzene ring substituents is 1. The maximum atomic E-state index is 13.6. The first-order chi connectivity index (χ1) is 19.4. The first-order valence-corrected chi connectivity index (χ1v) is 12.0. The van der Waals surface area contributed by atoms with Gasteiger partial charge in [-0.1, -0.05) is 18.2 Å².